The predicted molar refractivity (Wildman–Crippen MR) is 105 cm³/mol. The highest BCUT2D eigenvalue weighted by Crippen LogP contribution is 2.35. The summed E-state index contributed by atoms with van der Waals surface area (Å²) in [5.41, 5.74) is 7.08. The molecule has 0 amide bonds. The summed E-state index contributed by atoms with van der Waals surface area (Å²) >= 11 is 0. The molecule has 0 radical (unpaired) electrons. The van der Waals surface area contributed by atoms with Gasteiger partial charge in [0.1, 0.15) is 0 Å². The number of aryl methyl sites for hydroxylation is 2. The van der Waals surface area contributed by atoms with Gasteiger partial charge in [0.05, 0.1) is 11.2 Å². The van der Waals surface area contributed by atoms with E-state index in [9.17, 15) is 0 Å². The molecule has 3 aromatic carbocycles. The summed E-state index contributed by atoms with van der Waals surface area (Å²) in [7, 11) is 0. The molecule has 0 fully saturated rings. The van der Waals surface area contributed by atoms with E-state index < -0.39 is 0 Å². The van der Waals surface area contributed by atoms with Crippen LogP contribution in [0.2, 0.25) is 0 Å². The molecule has 0 unspecified atom stereocenters. The predicted octanol–water partition coefficient (Wildman–Crippen LogP) is 5.76. The van der Waals surface area contributed by atoms with Gasteiger partial charge in [0.25, 0.3) is 0 Å². The van der Waals surface area contributed by atoms with Crippen molar-refractivity contribution in [1.29, 1.82) is 0 Å². The topological polar surface area (TPSA) is 25.2 Å². The fraction of sp³-hybridized carbons (Fsp3) is 0.130. The maximum absolute atomic E-state index is 5.08. The van der Waals surface area contributed by atoms with Crippen LogP contribution in [0.5, 0.6) is 0 Å². The number of aliphatic imine (C=N–C) groups is 1. The van der Waals surface area contributed by atoms with Crippen molar-refractivity contribution in [2.24, 2.45) is 4.99 Å². The minimum Gasteiger partial charge on any atom is -0.254 e. The highest BCUT2D eigenvalue weighted by Gasteiger charge is 2.18. The Kier molecular flexibility index (Phi) is 3.17. The number of fused-ring (bicyclic) bond motifs is 4. The lowest BCUT2D eigenvalue weighted by atomic mass is 9.92. The van der Waals surface area contributed by atoms with E-state index in [1.165, 1.54) is 33.2 Å². The van der Waals surface area contributed by atoms with E-state index in [0.29, 0.717) is 0 Å². The quantitative estimate of drug-likeness (QED) is 0.437. The summed E-state index contributed by atoms with van der Waals surface area (Å²) in [5, 5.41) is 3.75. The van der Waals surface area contributed by atoms with E-state index in [2.05, 4.69) is 66.5 Å². The van der Waals surface area contributed by atoms with Gasteiger partial charge in [-0.25, -0.2) is 0 Å². The van der Waals surface area contributed by atoms with E-state index in [4.69, 9.17) is 4.99 Å². The molecule has 2 heteroatoms. The molecule has 0 saturated carbocycles. The molecule has 0 bridgehead atoms. The summed E-state index contributed by atoms with van der Waals surface area (Å²) in [4.78, 5) is 9.67. The first kappa shape index (κ1) is 14.4. The Morgan fingerprint density at radius 3 is 2.60 bits per heavy atom. The third-order valence-electron chi connectivity index (χ3n) is 5.16. The molecular weight excluding hydrogens is 304 g/mol. The minimum atomic E-state index is 0.971. The third kappa shape index (κ3) is 2.25. The zero-order valence-electron chi connectivity index (χ0n) is 14.2. The smallest absolute Gasteiger partial charge is 0.0961 e. The summed E-state index contributed by atoms with van der Waals surface area (Å²) < 4.78 is 0. The Labute approximate surface area is 146 Å². The molecule has 1 aliphatic rings. The molecule has 120 valence electrons. The third-order valence-corrected chi connectivity index (χ3v) is 5.16. The summed E-state index contributed by atoms with van der Waals surface area (Å²) in [6, 6.07) is 21.5. The first-order chi connectivity index (χ1) is 12.3. The van der Waals surface area contributed by atoms with Gasteiger partial charge < -0.3 is 0 Å². The molecule has 0 spiro atoms. The van der Waals surface area contributed by atoms with E-state index in [1.807, 2.05) is 12.3 Å². The maximum Gasteiger partial charge on any atom is 0.0961 e. The van der Waals surface area contributed by atoms with Crippen LogP contribution in [-0.2, 0) is 6.42 Å². The minimum absolute atomic E-state index is 0.971. The van der Waals surface area contributed by atoms with E-state index in [0.717, 1.165) is 29.4 Å². The monoisotopic (exact) mass is 322 g/mol. The van der Waals surface area contributed by atoms with Crippen molar-refractivity contribution in [3.05, 3.63) is 83.6 Å². The van der Waals surface area contributed by atoms with Gasteiger partial charge in [0.2, 0.25) is 0 Å². The molecule has 0 saturated heterocycles. The Morgan fingerprint density at radius 2 is 1.68 bits per heavy atom. The molecule has 5 rings (SSSR count). The highest BCUT2D eigenvalue weighted by molar-refractivity contribution is 6.14. The molecule has 0 aliphatic carbocycles. The molecule has 1 aromatic heterocycles. The van der Waals surface area contributed by atoms with Gasteiger partial charge in [-0.2, -0.15) is 0 Å². The van der Waals surface area contributed by atoms with Gasteiger partial charge in [-0.3, -0.25) is 9.98 Å². The van der Waals surface area contributed by atoms with Crippen molar-refractivity contribution in [1.82, 2.24) is 4.98 Å². The van der Waals surface area contributed by atoms with Gasteiger partial charge in [-0.1, -0.05) is 54.6 Å². The zero-order chi connectivity index (χ0) is 16.8. The lowest BCUT2D eigenvalue weighted by molar-refractivity contribution is 1.01. The molecule has 4 aromatic rings. The normalized spacial score (nSPS) is 13.7. The van der Waals surface area contributed by atoms with Crippen molar-refractivity contribution in [3.8, 4) is 0 Å². The standard InChI is InChI=1S/C23H18N2/c1-15-8-12-20(19-7-3-2-6-18(15)19)21-13-11-17-10-9-16-5-4-14-24-22(16)23(17)25-21/h2-10,12,14H,11,13H2,1H3. The highest BCUT2D eigenvalue weighted by atomic mass is 14.8. The van der Waals surface area contributed by atoms with Crippen molar-refractivity contribution in [2.45, 2.75) is 19.8 Å². The molecule has 25 heavy (non-hydrogen) atoms. The van der Waals surface area contributed by atoms with Crippen LogP contribution in [0, 0.1) is 6.92 Å². The summed E-state index contributed by atoms with van der Waals surface area (Å²) in [6.07, 6.45) is 3.84. The average molecular weight is 322 g/mol. The van der Waals surface area contributed by atoms with Gasteiger partial charge in [0.15, 0.2) is 0 Å². The van der Waals surface area contributed by atoms with Crippen molar-refractivity contribution in [3.63, 3.8) is 0 Å². The average Bonchev–Trinajstić information content (AvgIpc) is 2.68. The van der Waals surface area contributed by atoms with Crippen molar-refractivity contribution in [2.75, 3.05) is 0 Å². The number of aromatic nitrogens is 1. The summed E-state index contributed by atoms with van der Waals surface area (Å²) in [6.45, 7) is 2.17. The van der Waals surface area contributed by atoms with Crippen LogP contribution in [-0.4, -0.2) is 10.7 Å². The van der Waals surface area contributed by atoms with Crippen molar-refractivity contribution >= 4 is 33.1 Å². The Hall–Kier alpha value is -3.00. The molecule has 0 atom stereocenters. The first-order valence-electron chi connectivity index (χ1n) is 8.74. The van der Waals surface area contributed by atoms with E-state index >= 15 is 0 Å². The second-order valence-electron chi connectivity index (χ2n) is 6.68. The zero-order valence-corrected chi connectivity index (χ0v) is 14.2. The largest absolute Gasteiger partial charge is 0.254 e. The number of nitrogens with zero attached hydrogens (tertiary/aromatic N) is 2. The van der Waals surface area contributed by atoms with E-state index in [1.54, 1.807) is 0 Å². The Balaban J connectivity index is 1.77. The fourth-order valence-corrected chi connectivity index (χ4v) is 3.84. The van der Waals surface area contributed by atoms with Crippen LogP contribution in [0.4, 0.5) is 5.69 Å². The maximum atomic E-state index is 5.08. The van der Waals surface area contributed by atoms with E-state index in [-0.39, 0.29) is 0 Å². The molecular formula is C23H18N2. The number of hydrogen-bond acceptors (Lipinski definition) is 2. The van der Waals surface area contributed by atoms with Crippen LogP contribution in [0.15, 0.2) is 71.9 Å². The van der Waals surface area contributed by atoms with Gasteiger partial charge >= 0.3 is 0 Å². The van der Waals surface area contributed by atoms with Crippen LogP contribution >= 0.6 is 0 Å². The van der Waals surface area contributed by atoms with Crippen molar-refractivity contribution < 1.29 is 0 Å². The lowest BCUT2D eigenvalue weighted by Crippen LogP contribution is -2.09. The first-order valence-corrected chi connectivity index (χ1v) is 8.74. The van der Waals surface area contributed by atoms with Gasteiger partial charge in [0, 0.05) is 22.9 Å². The van der Waals surface area contributed by atoms with Crippen LogP contribution < -0.4 is 0 Å². The van der Waals surface area contributed by atoms with Gasteiger partial charge in [-0.05, 0) is 47.7 Å². The number of pyridine rings is 1. The second-order valence-corrected chi connectivity index (χ2v) is 6.68. The second kappa shape index (κ2) is 5.52. The van der Waals surface area contributed by atoms with Crippen LogP contribution in [0.3, 0.4) is 0 Å². The molecule has 1 aliphatic heterocycles. The van der Waals surface area contributed by atoms with Gasteiger partial charge in [-0.15, -0.1) is 0 Å². The SMILES string of the molecule is Cc1ccc(C2=Nc3c(ccc4cccnc34)CC2)c2ccccc12. The molecule has 2 nitrogen and oxygen atoms in total. The van der Waals surface area contributed by atoms with Crippen LogP contribution in [0.25, 0.3) is 21.7 Å². The fourth-order valence-electron chi connectivity index (χ4n) is 3.84. The van der Waals surface area contributed by atoms with Crippen LogP contribution in [0.1, 0.15) is 23.1 Å². The number of hydrogen-bond donors (Lipinski definition) is 0. The Bertz CT molecular complexity index is 1160. The lowest BCUT2D eigenvalue weighted by Gasteiger charge is -2.18. The number of rotatable bonds is 1. The molecule has 0 N–H and O–H groups in total. The summed E-state index contributed by atoms with van der Waals surface area (Å²) in [5.74, 6) is 0. The number of benzene rings is 3. The Morgan fingerprint density at radius 1 is 0.800 bits per heavy atom. The molecule has 2 heterocycles.